The van der Waals surface area contributed by atoms with Crippen molar-refractivity contribution in [3.63, 3.8) is 0 Å². The van der Waals surface area contributed by atoms with E-state index in [1.807, 2.05) is 6.92 Å². The van der Waals surface area contributed by atoms with E-state index in [4.69, 9.17) is 5.84 Å². The summed E-state index contributed by atoms with van der Waals surface area (Å²) in [5.41, 5.74) is 2.87. The number of hydrogen-bond donors (Lipinski definition) is 2. The van der Waals surface area contributed by atoms with Gasteiger partial charge in [0.05, 0.1) is 10.3 Å². The molecule has 0 aromatic heterocycles. The Balaban J connectivity index is 2.48. The molecule has 6 heteroatoms. The number of nitrogens with two attached hydrogens (primary N) is 1. The lowest BCUT2D eigenvalue weighted by Crippen LogP contribution is -2.49. The summed E-state index contributed by atoms with van der Waals surface area (Å²) in [7, 11) is 0. The van der Waals surface area contributed by atoms with Crippen LogP contribution in [0.4, 0.5) is 5.69 Å². The lowest BCUT2D eigenvalue weighted by Gasteiger charge is -2.37. The zero-order valence-electron chi connectivity index (χ0n) is 9.84. The third-order valence-electron chi connectivity index (χ3n) is 3.16. The Bertz CT molecular complexity index is 553. The Kier molecular flexibility index (Phi) is 2.88. The summed E-state index contributed by atoms with van der Waals surface area (Å²) in [6, 6.07) is 6.08. The molecule has 3 N–H and O–H groups in total. The summed E-state index contributed by atoms with van der Waals surface area (Å²) in [5.74, 6) is 4.83. The molecule has 0 heterocycles. The molecule has 1 aliphatic rings. The number of rotatable bonds is 3. The van der Waals surface area contributed by atoms with Gasteiger partial charge in [-0.2, -0.15) is 0 Å². The van der Waals surface area contributed by atoms with E-state index in [0.29, 0.717) is 12.0 Å². The number of hydrogen-bond acceptors (Lipinski definition) is 4. The molecule has 1 atom stereocenters. The quantitative estimate of drug-likeness (QED) is 0.275. The minimum Gasteiger partial charge on any atom is -0.293 e. The molecule has 0 bridgehead atoms. The minimum absolute atomic E-state index is 0.0327. The van der Waals surface area contributed by atoms with Crippen molar-refractivity contribution in [2.24, 2.45) is 5.84 Å². The van der Waals surface area contributed by atoms with Gasteiger partial charge in [-0.05, 0) is 18.9 Å². The molecule has 1 amide bonds. The van der Waals surface area contributed by atoms with Crippen LogP contribution in [0.15, 0.2) is 35.9 Å². The number of amides is 1. The molecular formula is C12H13N3O3. The molecule has 1 unspecified atom stereocenters. The molecule has 0 fully saturated rings. The van der Waals surface area contributed by atoms with Gasteiger partial charge >= 0.3 is 0 Å². The van der Waals surface area contributed by atoms with Crippen molar-refractivity contribution >= 4 is 11.6 Å². The predicted octanol–water partition coefficient (Wildman–Crippen LogP) is 1.17. The zero-order chi connectivity index (χ0) is 13.3. The first kappa shape index (κ1) is 12.3. The summed E-state index contributed by atoms with van der Waals surface area (Å²) in [5, 5.41) is 10.8. The van der Waals surface area contributed by atoms with Crippen molar-refractivity contribution in [1.29, 1.82) is 0 Å². The van der Waals surface area contributed by atoms with Crippen LogP contribution in [0.25, 0.3) is 0 Å². The molecule has 0 spiro atoms. The van der Waals surface area contributed by atoms with E-state index in [2.05, 4.69) is 5.43 Å². The Morgan fingerprint density at radius 3 is 2.72 bits per heavy atom. The molecule has 18 heavy (non-hydrogen) atoms. The van der Waals surface area contributed by atoms with Crippen LogP contribution in [-0.4, -0.2) is 10.8 Å². The number of nitrogens with zero attached hydrogens (tertiary/aromatic N) is 1. The van der Waals surface area contributed by atoms with Crippen molar-refractivity contribution in [3.05, 3.63) is 51.6 Å². The monoisotopic (exact) mass is 247 g/mol. The average Bonchev–Trinajstić information content (AvgIpc) is 2.33. The first-order valence-electron chi connectivity index (χ1n) is 5.44. The molecule has 1 aromatic carbocycles. The van der Waals surface area contributed by atoms with Crippen LogP contribution >= 0.6 is 0 Å². The molecule has 0 radical (unpaired) electrons. The van der Waals surface area contributed by atoms with E-state index >= 15 is 0 Å². The van der Waals surface area contributed by atoms with Crippen molar-refractivity contribution in [2.45, 2.75) is 18.8 Å². The van der Waals surface area contributed by atoms with Crippen LogP contribution in [0.1, 0.15) is 18.9 Å². The SMILES string of the molecule is CC1=CC(C(=O)NN)(c2cccc([N+](=O)[O-])c2)C1. The molecule has 0 saturated heterocycles. The van der Waals surface area contributed by atoms with Crippen LogP contribution in [0.3, 0.4) is 0 Å². The summed E-state index contributed by atoms with van der Waals surface area (Å²) < 4.78 is 0. The number of carbonyl (C=O) groups is 1. The molecular weight excluding hydrogens is 234 g/mol. The Morgan fingerprint density at radius 1 is 1.56 bits per heavy atom. The summed E-state index contributed by atoms with van der Waals surface area (Å²) in [6.45, 7) is 1.90. The van der Waals surface area contributed by atoms with Gasteiger partial charge in [-0.15, -0.1) is 0 Å². The molecule has 2 rings (SSSR count). The highest BCUT2D eigenvalue weighted by atomic mass is 16.6. The lowest BCUT2D eigenvalue weighted by atomic mass is 9.66. The summed E-state index contributed by atoms with van der Waals surface area (Å²) in [4.78, 5) is 22.2. The number of non-ortho nitro benzene ring substituents is 1. The largest absolute Gasteiger partial charge is 0.293 e. The molecule has 1 aliphatic carbocycles. The fourth-order valence-electron chi connectivity index (χ4n) is 2.32. The topological polar surface area (TPSA) is 98.3 Å². The zero-order valence-corrected chi connectivity index (χ0v) is 9.84. The summed E-state index contributed by atoms with van der Waals surface area (Å²) >= 11 is 0. The van der Waals surface area contributed by atoms with Crippen LogP contribution < -0.4 is 11.3 Å². The smallest absolute Gasteiger partial charge is 0.269 e. The lowest BCUT2D eigenvalue weighted by molar-refractivity contribution is -0.384. The first-order chi connectivity index (χ1) is 8.49. The molecule has 0 saturated carbocycles. The first-order valence-corrected chi connectivity index (χ1v) is 5.44. The maximum Gasteiger partial charge on any atom is 0.269 e. The predicted molar refractivity (Wildman–Crippen MR) is 65.5 cm³/mol. The Hall–Kier alpha value is -2.21. The fourth-order valence-corrected chi connectivity index (χ4v) is 2.32. The molecule has 94 valence electrons. The van der Waals surface area contributed by atoms with Crippen LogP contribution in [-0.2, 0) is 10.2 Å². The number of nitro benzene ring substituents is 1. The second kappa shape index (κ2) is 4.23. The second-order valence-electron chi connectivity index (χ2n) is 4.42. The third kappa shape index (κ3) is 1.76. The van der Waals surface area contributed by atoms with Gasteiger partial charge in [-0.1, -0.05) is 23.8 Å². The van der Waals surface area contributed by atoms with Gasteiger partial charge in [0.2, 0.25) is 5.91 Å². The van der Waals surface area contributed by atoms with Gasteiger partial charge in [-0.3, -0.25) is 20.3 Å². The van der Waals surface area contributed by atoms with Crippen molar-refractivity contribution in [2.75, 3.05) is 0 Å². The Labute approximate surface area is 104 Å². The normalized spacial score (nSPS) is 21.8. The van der Waals surface area contributed by atoms with Gasteiger partial charge in [0.15, 0.2) is 0 Å². The van der Waals surface area contributed by atoms with E-state index in [0.717, 1.165) is 5.57 Å². The highest BCUT2D eigenvalue weighted by molar-refractivity contribution is 5.92. The molecule has 0 aliphatic heterocycles. The van der Waals surface area contributed by atoms with E-state index in [-0.39, 0.29) is 11.6 Å². The summed E-state index contributed by atoms with van der Waals surface area (Å²) in [6.07, 6.45) is 2.31. The van der Waals surface area contributed by atoms with E-state index < -0.39 is 10.3 Å². The van der Waals surface area contributed by atoms with Crippen LogP contribution in [0, 0.1) is 10.1 Å². The third-order valence-corrected chi connectivity index (χ3v) is 3.16. The van der Waals surface area contributed by atoms with E-state index in [1.54, 1.807) is 18.2 Å². The van der Waals surface area contributed by atoms with Crippen LogP contribution in [0.5, 0.6) is 0 Å². The highest BCUT2D eigenvalue weighted by Gasteiger charge is 2.44. The number of nitro groups is 1. The van der Waals surface area contributed by atoms with E-state index in [1.165, 1.54) is 12.1 Å². The average molecular weight is 247 g/mol. The van der Waals surface area contributed by atoms with Crippen molar-refractivity contribution in [1.82, 2.24) is 5.43 Å². The van der Waals surface area contributed by atoms with E-state index in [9.17, 15) is 14.9 Å². The van der Waals surface area contributed by atoms with Gasteiger partial charge in [0.1, 0.15) is 0 Å². The highest BCUT2D eigenvalue weighted by Crippen LogP contribution is 2.42. The minimum atomic E-state index is -0.870. The van der Waals surface area contributed by atoms with Gasteiger partial charge in [0, 0.05) is 12.1 Å². The van der Waals surface area contributed by atoms with Crippen LogP contribution in [0.2, 0.25) is 0 Å². The molecule has 1 aromatic rings. The maximum absolute atomic E-state index is 11.9. The number of hydrazine groups is 1. The van der Waals surface area contributed by atoms with Crippen molar-refractivity contribution < 1.29 is 9.72 Å². The molecule has 6 nitrogen and oxygen atoms in total. The van der Waals surface area contributed by atoms with Gasteiger partial charge in [0.25, 0.3) is 5.69 Å². The number of benzene rings is 1. The standard InChI is InChI=1S/C12H13N3O3/c1-8-6-12(7-8,11(16)14-13)9-3-2-4-10(5-9)15(17)18/h2-6H,7,13H2,1H3,(H,14,16). The fraction of sp³-hybridized carbons (Fsp3) is 0.250. The Morgan fingerprint density at radius 2 is 2.22 bits per heavy atom. The number of allylic oxidation sites excluding steroid dienone is 1. The maximum atomic E-state index is 11.9. The van der Waals surface area contributed by atoms with Gasteiger partial charge in [-0.25, -0.2) is 5.84 Å². The van der Waals surface area contributed by atoms with Gasteiger partial charge < -0.3 is 0 Å². The number of nitrogens with one attached hydrogen (secondary N) is 1. The van der Waals surface area contributed by atoms with Crippen molar-refractivity contribution in [3.8, 4) is 0 Å². The number of carbonyl (C=O) groups excluding carboxylic acids is 1. The second-order valence-corrected chi connectivity index (χ2v) is 4.42.